The number of ether oxygens (including phenoxy) is 2. The molecule has 0 aliphatic carbocycles. The average Bonchev–Trinajstić information content (AvgIpc) is 3.34. The van der Waals surface area contributed by atoms with Crippen LogP contribution in [0.2, 0.25) is 0 Å². The van der Waals surface area contributed by atoms with Gasteiger partial charge in [0, 0.05) is 24.8 Å². The summed E-state index contributed by atoms with van der Waals surface area (Å²) in [6.45, 7) is 1.48. The fourth-order valence-corrected chi connectivity index (χ4v) is 4.10. The molecule has 2 amide bonds. The third-order valence-corrected chi connectivity index (χ3v) is 5.96. The first-order chi connectivity index (χ1) is 15.4. The molecular formula is C22H25N3O6S. The van der Waals surface area contributed by atoms with E-state index >= 15 is 0 Å². The number of thiophene rings is 1. The summed E-state index contributed by atoms with van der Waals surface area (Å²) in [6, 6.07) is 7.95. The second kappa shape index (κ2) is 10.9. The van der Waals surface area contributed by atoms with Gasteiger partial charge < -0.3 is 20.1 Å². The van der Waals surface area contributed by atoms with Crippen LogP contribution in [0.5, 0.6) is 0 Å². The number of likely N-dealkylation sites (tertiary alicyclic amines) is 1. The average molecular weight is 460 g/mol. The minimum absolute atomic E-state index is 0.0666. The van der Waals surface area contributed by atoms with Gasteiger partial charge in [0.2, 0.25) is 5.91 Å². The normalized spacial score (nSPS) is 14.4. The summed E-state index contributed by atoms with van der Waals surface area (Å²) in [6.07, 6.45) is 1.49. The topological polar surface area (TPSA) is 114 Å². The molecule has 1 aromatic heterocycles. The first-order valence-electron chi connectivity index (χ1n) is 10.1. The van der Waals surface area contributed by atoms with Gasteiger partial charge in [-0.25, -0.2) is 9.59 Å². The lowest BCUT2D eigenvalue weighted by atomic mass is 10.0. The maximum absolute atomic E-state index is 12.5. The van der Waals surface area contributed by atoms with Crippen LogP contribution in [-0.2, 0) is 14.3 Å². The van der Waals surface area contributed by atoms with Crippen LogP contribution in [0.15, 0.2) is 35.7 Å². The Morgan fingerprint density at radius 1 is 1.03 bits per heavy atom. The zero-order valence-corrected chi connectivity index (χ0v) is 18.7. The number of hydrogen-bond donors (Lipinski definition) is 2. The van der Waals surface area contributed by atoms with E-state index in [9.17, 15) is 19.2 Å². The number of nitrogens with one attached hydrogen (secondary N) is 2. The van der Waals surface area contributed by atoms with Gasteiger partial charge in [-0.3, -0.25) is 14.5 Å². The molecule has 2 heterocycles. The number of anilines is 1. The molecule has 0 saturated carbocycles. The minimum Gasteiger partial charge on any atom is -0.465 e. The van der Waals surface area contributed by atoms with Crippen molar-refractivity contribution in [2.24, 2.45) is 0 Å². The van der Waals surface area contributed by atoms with E-state index in [0.29, 0.717) is 23.7 Å². The zero-order chi connectivity index (χ0) is 23.1. The van der Waals surface area contributed by atoms with Crippen molar-refractivity contribution in [2.75, 3.05) is 39.2 Å². The molecule has 2 N–H and O–H groups in total. The van der Waals surface area contributed by atoms with E-state index in [4.69, 9.17) is 9.47 Å². The highest BCUT2D eigenvalue weighted by Crippen LogP contribution is 2.18. The molecule has 32 heavy (non-hydrogen) atoms. The number of hydrogen-bond acceptors (Lipinski definition) is 8. The highest BCUT2D eigenvalue weighted by atomic mass is 32.1. The van der Waals surface area contributed by atoms with Crippen LogP contribution in [0, 0.1) is 0 Å². The molecule has 170 valence electrons. The minimum atomic E-state index is -0.627. The molecular weight excluding hydrogens is 434 g/mol. The van der Waals surface area contributed by atoms with Gasteiger partial charge in [-0.2, -0.15) is 0 Å². The SMILES string of the molecule is COC(=O)c1cc(NC(=O)CN2CCC(NC(=O)c3cccs3)CC2)cc(C(=O)OC)c1. The fourth-order valence-electron chi connectivity index (χ4n) is 3.47. The highest BCUT2D eigenvalue weighted by Gasteiger charge is 2.23. The van der Waals surface area contributed by atoms with Crippen molar-refractivity contribution in [1.82, 2.24) is 10.2 Å². The van der Waals surface area contributed by atoms with Gasteiger partial charge >= 0.3 is 11.9 Å². The molecule has 3 rings (SSSR count). The molecule has 0 spiro atoms. The number of amides is 2. The van der Waals surface area contributed by atoms with E-state index in [1.165, 1.54) is 43.8 Å². The van der Waals surface area contributed by atoms with Gasteiger partial charge in [-0.15, -0.1) is 11.3 Å². The number of carbonyl (C=O) groups is 4. The second-order valence-electron chi connectivity index (χ2n) is 7.33. The van der Waals surface area contributed by atoms with Crippen LogP contribution in [0.4, 0.5) is 5.69 Å². The highest BCUT2D eigenvalue weighted by molar-refractivity contribution is 7.12. The lowest BCUT2D eigenvalue weighted by molar-refractivity contribution is -0.117. The van der Waals surface area contributed by atoms with E-state index in [2.05, 4.69) is 10.6 Å². The quantitative estimate of drug-likeness (QED) is 0.610. The summed E-state index contributed by atoms with van der Waals surface area (Å²) in [5.74, 6) is -1.59. The molecule has 10 heteroatoms. The van der Waals surface area contributed by atoms with Crippen LogP contribution in [-0.4, -0.2) is 68.5 Å². The number of benzene rings is 1. The van der Waals surface area contributed by atoms with Gasteiger partial charge in [0.25, 0.3) is 5.91 Å². The van der Waals surface area contributed by atoms with Gasteiger partial charge in [0.15, 0.2) is 0 Å². The van der Waals surface area contributed by atoms with E-state index in [1.54, 1.807) is 6.07 Å². The molecule has 1 saturated heterocycles. The van der Waals surface area contributed by atoms with E-state index in [1.807, 2.05) is 16.3 Å². The van der Waals surface area contributed by atoms with E-state index in [-0.39, 0.29) is 35.5 Å². The van der Waals surface area contributed by atoms with Gasteiger partial charge in [-0.05, 0) is 42.5 Å². The first-order valence-corrected chi connectivity index (χ1v) is 11.0. The molecule has 2 aromatic rings. The number of nitrogens with zero attached hydrogens (tertiary/aromatic N) is 1. The van der Waals surface area contributed by atoms with Gasteiger partial charge in [0.05, 0.1) is 36.8 Å². The Morgan fingerprint density at radius 2 is 1.66 bits per heavy atom. The summed E-state index contributed by atoms with van der Waals surface area (Å²) in [5.41, 5.74) is 0.567. The first kappa shape index (κ1) is 23.4. The summed E-state index contributed by atoms with van der Waals surface area (Å²) < 4.78 is 9.41. The number of methoxy groups -OCH3 is 2. The van der Waals surface area contributed by atoms with Crippen molar-refractivity contribution in [3.8, 4) is 0 Å². The standard InChI is InChI=1S/C22H25N3O6S/c1-30-21(28)14-10-15(22(29)31-2)12-17(11-14)23-19(26)13-25-7-5-16(6-8-25)24-20(27)18-4-3-9-32-18/h3-4,9-12,16H,5-8,13H2,1-2H3,(H,23,26)(H,24,27). The largest absolute Gasteiger partial charge is 0.465 e. The number of piperidine rings is 1. The van der Waals surface area contributed by atoms with Gasteiger partial charge in [0.1, 0.15) is 0 Å². The third-order valence-electron chi connectivity index (χ3n) is 5.09. The molecule has 0 radical (unpaired) electrons. The lowest BCUT2D eigenvalue weighted by Gasteiger charge is -2.31. The lowest BCUT2D eigenvalue weighted by Crippen LogP contribution is -2.46. The summed E-state index contributed by atoms with van der Waals surface area (Å²) in [5, 5.41) is 7.63. The maximum Gasteiger partial charge on any atom is 0.337 e. The Bertz CT molecular complexity index is 949. The molecule has 1 aromatic carbocycles. The Balaban J connectivity index is 1.54. The molecule has 0 atom stereocenters. The molecule has 1 aliphatic rings. The predicted molar refractivity (Wildman–Crippen MR) is 119 cm³/mol. The molecule has 0 unspecified atom stereocenters. The summed E-state index contributed by atoms with van der Waals surface area (Å²) in [7, 11) is 2.47. The van der Waals surface area contributed by atoms with Crippen molar-refractivity contribution < 1.29 is 28.7 Å². The Kier molecular flexibility index (Phi) is 7.96. The van der Waals surface area contributed by atoms with E-state index in [0.717, 1.165) is 12.8 Å². The number of rotatable bonds is 7. The predicted octanol–water partition coefficient (Wildman–Crippen LogP) is 2.15. The van der Waals surface area contributed by atoms with Gasteiger partial charge in [-0.1, -0.05) is 6.07 Å². The second-order valence-corrected chi connectivity index (χ2v) is 8.28. The molecule has 0 bridgehead atoms. The van der Waals surface area contributed by atoms with Crippen molar-refractivity contribution in [3.63, 3.8) is 0 Å². The van der Waals surface area contributed by atoms with Crippen LogP contribution in [0.3, 0.4) is 0 Å². The zero-order valence-electron chi connectivity index (χ0n) is 17.9. The third kappa shape index (κ3) is 6.14. The van der Waals surface area contributed by atoms with Crippen LogP contribution in [0.25, 0.3) is 0 Å². The fraction of sp³-hybridized carbons (Fsp3) is 0.364. The number of carbonyl (C=O) groups excluding carboxylic acids is 4. The maximum atomic E-state index is 12.5. The summed E-state index contributed by atoms with van der Waals surface area (Å²) >= 11 is 1.40. The molecule has 9 nitrogen and oxygen atoms in total. The Morgan fingerprint density at radius 3 is 2.19 bits per heavy atom. The van der Waals surface area contributed by atoms with Crippen molar-refractivity contribution in [3.05, 3.63) is 51.7 Å². The van der Waals surface area contributed by atoms with Crippen molar-refractivity contribution in [1.29, 1.82) is 0 Å². The van der Waals surface area contributed by atoms with Crippen LogP contribution in [0.1, 0.15) is 43.2 Å². The van der Waals surface area contributed by atoms with Crippen molar-refractivity contribution >= 4 is 40.8 Å². The Hall–Kier alpha value is -3.24. The molecule has 1 fully saturated rings. The number of esters is 2. The summed E-state index contributed by atoms with van der Waals surface area (Å²) in [4.78, 5) is 51.2. The van der Waals surface area contributed by atoms with E-state index < -0.39 is 11.9 Å². The Labute approximate surface area is 189 Å². The smallest absolute Gasteiger partial charge is 0.337 e. The van der Waals surface area contributed by atoms with Crippen LogP contribution < -0.4 is 10.6 Å². The molecule has 1 aliphatic heterocycles. The van der Waals surface area contributed by atoms with Crippen molar-refractivity contribution in [2.45, 2.75) is 18.9 Å². The monoisotopic (exact) mass is 459 g/mol. The van der Waals surface area contributed by atoms with Crippen LogP contribution >= 0.6 is 11.3 Å².